The number of hydrogen-bond donors (Lipinski definition) is 1. The van der Waals surface area contributed by atoms with Gasteiger partial charge in [0.15, 0.2) is 0 Å². The zero-order valence-corrected chi connectivity index (χ0v) is 7.34. The molecule has 0 spiro atoms. The average Bonchev–Trinajstić information content (AvgIpc) is 1.85. The smallest absolute Gasteiger partial charge is 0.303 e. The van der Waals surface area contributed by atoms with Gasteiger partial charge < -0.3 is 5.11 Å². The van der Waals surface area contributed by atoms with Gasteiger partial charge in [-0.15, -0.1) is 11.6 Å². The molecule has 0 aliphatic carbocycles. The minimum atomic E-state index is -0.739. The summed E-state index contributed by atoms with van der Waals surface area (Å²) in [7, 11) is 0. The fraction of sp³-hybridized carbons (Fsp3) is 0.625. The van der Waals surface area contributed by atoms with E-state index in [1.165, 1.54) is 0 Å². The van der Waals surface area contributed by atoms with E-state index >= 15 is 0 Å². The van der Waals surface area contributed by atoms with Gasteiger partial charge in [-0.3, -0.25) is 4.79 Å². The van der Waals surface area contributed by atoms with E-state index in [9.17, 15) is 4.79 Å². The lowest BCUT2D eigenvalue weighted by Crippen LogP contribution is -1.92. The minimum Gasteiger partial charge on any atom is -0.481 e. The molecule has 0 aromatic carbocycles. The lowest BCUT2D eigenvalue weighted by Gasteiger charge is -1.92. The second-order valence-electron chi connectivity index (χ2n) is 2.39. The van der Waals surface area contributed by atoms with Gasteiger partial charge in [0.25, 0.3) is 0 Å². The molecule has 0 heterocycles. The zero-order chi connectivity index (χ0) is 8.69. The van der Waals surface area contributed by atoms with Crippen LogP contribution >= 0.6 is 11.6 Å². The highest BCUT2D eigenvalue weighted by molar-refractivity contribution is 6.21. The first-order chi connectivity index (χ1) is 5.13. The molecule has 0 aliphatic heterocycles. The van der Waals surface area contributed by atoms with Crippen molar-refractivity contribution in [2.75, 3.05) is 0 Å². The zero-order valence-electron chi connectivity index (χ0n) is 6.59. The van der Waals surface area contributed by atoms with Crippen molar-refractivity contribution in [1.29, 1.82) is 0 Å². The Bertz CT molecular complexity index is 141. The normalized spacial score (nSPS) is 13.6. The van der Waals surface area contributed by atoms with Crippen LogP contribution in [0.2, 0.25) is 0 Å². The minimum absolute atomic E-state index is 0.0415. The summed E-state index contributed by atoms with van der Waals surface area (Å²) >= 11 is 5.62. The fourth-order valence-electron chi connectivity index (χ4n) is 0.655. The van der Waals surface area contributed by atoms with Crippen molar-refractivity contribution >= 4 is 17.6 Å². The third-order valence-corrected chi connectivity index (χ3v) is 1.31. The van der Waals surface area contributed by atoms with E-state index < -0.39 is 5.97 Å². The molecule has 0 aliphatic rings. The lowest BCUT2D eigenvalue weighted by molar-refractivity contribution is -0.137. The molecule has 64 valence electrons. The van der Waals surface area contributed by atoms with Crippen molar-refractivity contribution in [3.63, 3.8) is 0 Å². The monoisotopic (exact) mass is 176 g/mol. The Morgan fingerprint density at radius 3 is 2.82 bits per heavy atom. The number of alkyl halides is 1. The highest BCUT2D eigenvalue weighted by atomic mass is 35.5. The molecule has 0 rings (SSSR count). The van der Waals surface area contributed by atoms with Gasteiger partial charge in [-0.1, -0.05) is 12.2 Å². The van der Waals surface area contributed by atoms with Crippen LogP contribution in [0.1, 0.15) is 26.2 Å². The van der Waals surface area contributed by atoms with Gasteiger partial charge in [0.1, 0.15) is 0 Å². The molecule has 3 heteroatoms. The second kappa shape index (κ2) is 6.23. The summed E-state index contributed by atoms with van der Waals surface area (Å²) in [6.45, 7) is 1.87. The van der Waals surface area contributed by atoms with Crippen molar-refractivity contribution in [3.8, 4) is 0 Å². The summed E-state index contributed by atoms with van der Waals surface area (Å²) < 4.78 is 0. The molecule has 2 nitrogen and oxygen atoms in total. The van der Waals surface area contributed by atoms with Crippen LogP contribution in [0.15, 0.2) is 12.2 Å². The maximum atomic E-state index is 10.0. The van der Waals surface area contributed by atoms with Gasteiger partial charge in [0.2, 0.25) is 0 Å². The maximum Gasteiger partial charge on any atom is 0.303 e. The fourth-order valence-corrected chi connectivity index (χ4v) is 0.758. The largest absolute Gasteiger partial charge is 0.481 e. The van der Waals surface area contributed by atoms with E-state index in [2.05, 4.69) is 0 Å². The van der Waals surface area contributed by atoms with Crippen LogP contribution in [0.3, 0.4) is 0 Å². The predicted molar refractivity (Wildman–Crippen MR) is 45.9 cm³/mol. The Balaban J connectivity index is 3.20. The predicted octanol–water partition coefficient (Wildman–Crippen LogP) is 2.42. The number of hydrogen-bond acceptors (Lipinski definition) is 1. The summed E-state index contributed by atoms with van der Waals surface area (Å²) in [5, 5.41) is 8.31. The number of allylic oxidation sites excluding steroid dienone is 2. The molecule has 1 unspecified atom stereocenters. The molecular formula is C8H13ClO2. The first kappa shape index (κ1) is 10.5. The van der Waals surface area contributed by atoms with Gasteiger partial charge in [0, 0.05) is 11.8 Å². The molecule has 1 N–H and O–H groups in total. The third kappa shape index (κ3) is 9.50. The number of carboxylic acid groups (broad SMARTS) is 1. The summed E-state index contributed by atoms with van der Waals surface area (Å²) in [6, 6.07) is 0. The second-order valence-corrected chi connectivity index (χ2v) is 3.08. The molecule has 0 aromatic heterocycles. The first-order valence-corrected chi connectivity index (χ1v) is 4.09. The van der Waals surface area contributed by atoms with Crippen LogP contribution in [0, 0.1) is 0 Å². The van der Waals surface area contributed by atoms with Crippen molar-refractivity contribution in [2.45, 2.75) is 31.6 Å². The van der Waals surface area contributed by atoms with Crippen molar-refractivity contribution in [2.24, 2.45) is 0 Å². The first-order valence-electron chi connectivity index (χ1n) is 3.65. The van der Waals surface area contributed by atoms with Gasteiger partial charge in [-0.25, -0.2) is 0 Å². The van der Waals surface area contributed by atoms with Crippen LogP contribution in [-0.2, 0) is 4.79 Å². The summed E-state index contributed by atoms with van der Waals surface area (Å²) in [5.41, 5.74) is 0. The highest BCUT2D eigenvalue weighted by Crippen LogP contribution is 2.00. The average molecular weight is 177 g/mol. The van der Waals surface area contributed by atoms with Crippen LogP contribution in [0.25, 0.3) is 0 Å². The number of halogens is 1. The Labute approximate surface area is 71.9 Å². The summed E-state index contributed by atoms with van der Waals surface area (Å²) in [4.78, 5) is 10.0. The molecular weight excluding hydrogens is 164 g/mol. The summed E-state index contributed by atoms with van der Waals surface area (Å²) in [5.74, 6) is -0.739. The Hall–Kier alpha value is -0.500. The van der Waals surface area contributed by atoms with E-state index in [1.807, 2.05) is 19.1 Å². The molecule has 0 aromatic rings. The van der Waals surface area contributed by atoms with Crippen molar-refractivity contribution in [1.82, 2.24) is 0 Å². The van der Waals surface area contributed by atoms with Gasteiger partial charge >= 0.3 is 5.97 Å². The maximum absolute atomic E-state index is 10.0. The Kier molecular flexibility index (Phi) is 5.94. The molecule has 0 amide bonds. The Morgan fingerprint density at radius 2 is 2.36 bits per heavy atom. The lowest BCUT2D eigenvalue weighted by atomic mass is 10.2. The van der Waals surface area contributed by atoms with Crippen LogP contribution in [0.5, 0.6) is 0 Å². The molecule has 0 radical (unpaired) electrons. The third-order valence-electron chi connectivity index (χ3n) is 1.16. The molecule has 0 bridgehead atoms. The topological polar surface area (TPSA) is 37.3 Å². The molecule has 0 saturated heterocycles. The van der Waals surface area contributed by atoms with Crippen molar-refractivity contribution < 1.29 is 9.90 Å². The van der Waals surface area contributed by atoms with Crippen molar-refractivity contribution in [3.05, 3.63) is 12.2 Å². The number of rotatable bonds is 5. The number of carboxylic acids is 1. The number of carbonyl (C=O) groups is 1. The standard InChI is InChI=1S/C8H13ClO2/c1-7(9)5-3-2-4-6-8(10)11/h3,5,7H,2,4,6H2,1H3,(H,10,11)/b5-3+. The highest BCUT2D eigenvalue weighted by Gasteiger charge is 1.93. The Morgan fingerprint density at radius 1 is 1.73 bits per heavy atom. The SMILES string of the molecule is CC(Cl)/C=C/CCCC(=O)O. The van der Waals surface area contributed by atoms with Crippen LogP contribution < -0.4 is 0 Å². The molecule has 0 saturated carbocycles. The molecule has 11 heavy (non-hydrogen) atoms. The molecule has 1 atom stereocenters. The molecule has 0 fully saturated rings. The summed E-state index contributed by atoms with van der Waals surface area (Å²) in [6.07, 6.45) is 5.50. The van der Waals surface area contributed by atoms with E-state index in [-0.39, 0.29) is 11.8 Å². The van der Waals surface area contributed by atoms with E-state index in [0.29, 0.717) is 6.42 Å². The van der Waals surface area contributed by atoms with Gasteiger partial charge in [0.05, 0.1) is 0 Å². The van der Waals surface area contributed by atoms with E-state index in [0.717, 1.165) is 6.42 Å². The van der Waals surface area contributed by atoms with Crippen LogP contribution in [0.4, 0.5) is 0 Å². The number of aliphatic carboxylic acids is 1. The van der Waals surface area contributed by atoms with E-state index in [1.54, 1.807) is 0 Å². The van der Waals surface area contributed by atoms with Crippen LogP contribution in [-0.4, -0.2) is 16.5 Å². The van der Waals surface area contributed by atoms with Gasteiger partial charge in [-0.05, 0) is 19.8 Å². The van der Waals surface area contributed by atoms with Gasteiger partial charge in [-0.2, -0.15) is 0 Å². The van der Waals surface area contributed by atoms with E-state index in [4.69, 9.17) is 16.7 Å². The quantitative estimate of drug-likeness (QED) is 0.397. The number of unbranched alkanes of at least 4 members (excludes halogenated alkanes) is 1.